The fourth-order valence-electron chi connectivity index (χ4n) is 1.22. The van der Waals surface area contributed by atoms with Gasteiger partial charge in [0.25, 0.3) is 0 Å². The molecule has 0 aromatic carbocycles. The highest BCUT2D eigenvalue weighted by molar-refractivity contribution is 8.00. The summed E-state index contributed by atoms with van der Waals surface area (Å²) in [5, 5.41) is 0. The van der Waals surface area contributed by atoms with Crippen LogP contribution < -0.4 is 5.73 Å². The second-order valence-corrected chi connectivity index (χ2v) is 4.82. The lowest BCUT2D eigenvalue weighted by molar-refractivity contribution is -0.117. The molecule has 0 heterocycles. The molecule has 0 spiro atoms. The van der Waals surface area contributed by atoms with Gasteiger partial charge < -0.3 is 5.73 Å². The largest absolute Gasteiger partial charge is 0.369 e. The molecule has 0 radical (unpaired) electrons. The van der Waals surface area contributed by atoms with Crippen molar-refractivity contribution in [2.45, 2.75) is 13.3 Å². The van der Waals surface area contributed by atoms with Crippen LogP contribution in [0.5, 0.6) is 0 Å². The van der Waals surface area contributed by atoms with Gasteiger partial charge in [-0.25, -0.2) is 4.31 Å². The summed E-state index contributed by atoms with van der Waals surface area (Å²) in [6, 6.07) is 0. The standard InChI is InChI=1S/C11H16N2OS/c1-9-4-3-5-10(7-6-9)15-13(2)8-11(12)14/h3-6H,7-8H2,1-2H3,(H2,12,14). The van der Waals surface area contributed by atoms with Gasteiger partial charge in [-0.15, -0.1) is 0 Å². The van der Waals surface area contributed by atoms with E-state index < -0.39 is 0 Å². The topological polar surface area (TPSA) is 46.3 Å². The van der Waals surface area contributed by atoms with E-state index in [-0.39, 0.29) is 12.5 Å². The Morgan fingerprint density at radius 3 is 3.07 bits per heavy atom. The number of carbonyl (C=O) groups excluding carboxylic acids is 1. The SMILES string of the molecule is CC1=CCC(SN(C)CC(N)=O)=CC=C1. The number of allylic oxidation sites excluding steroid dienone is 6. The maximum atomic E-state index is 10.7. The summed E-state index contributed by atoms with van der Waals surface area (Å²) in [5.41, 5.74) is 6.38. The fraction of sp³-hybridized carbons (Fsp3) is 0.364. The lowest BCUT2D eigenvalue weighted by Gasteiger charge is -2.14. The van der Waals surface area contributed by atoms with Crippen LogP contribution in [-0.4, -0.2) is 23.8 Å². The number of nitrogens with zero attached hydrogens (tertiary/aromatic N) is 1. The quantitative estimate of drug-likeness (QED) is 0.741. The molecule has 1 rings (SSSR count). The van der Waals surface area contributed by atoms with Crippen LogP contribution in [0, 0.1) is 0 Å². The van der Waals surface area contributed by atoms with E-state index in [9.17, 15) is 4.79 Å². The number of likely N-dealkylation sites (N-methyl/N-ethyl adjacent to an activating group) is 1. The van der Waals surface area contributed by atoms with Crippen LogP contribution in [0.25, 0.3) is 0 Å². The highest BCUT2D eigenvalue weighted by Gasteiger charge is 2.06. The zero-order valence-corrected chi connectivity index (χ0v) is 9.88. The van der Waals surface area contributed by atoms with Gasteiger partial charge in [-0.3, -0.25) is 4.79 Å². The second-order valence-electron chi connectivity index (χ2n) is 3.49. The van der Waals surface area contributed by atoms with Gasteiger partial charge in [0.15, 0.2) is 0 Å². The monoisotopic (exact) mass is 224 g/mol. The van der Waals surface area contributed by atoms with Crippen LogP contribution in [0.15, 0.2) is 34.8 Å². The smallest absolute Gasteiger partial charge is 0.232 e. The summed E-state index contributed by atoms with van der Waals surface area (Å²) in [4.78, 5) is 11.9. The third-order valence-electron chi connectivity index (χ3n) is 1.92. The number of rotatable bonds is 4. The van der Waals surface area contributed by atoms with E-state index in [0.717, 1.165) is 6.42 Å². The molecule has 0 aliphatic heterocycles. The van der Waals surface area contributed by atoms with Crippen LogP contribution in [0.1, 0.15) is 13.3 Å². The van der Waals surface area contributed by atoms with Crippen LogP contribution >= 0.6 is 11.9 Å². The second kappa shape index (κ2) is 5.78. The van der Waals surface area contributed by atoms with Crippen molar-refractivity contribution in [3.63, 3.8) is 0 Å². The number of hydrogen-bond donors (Lipinski definition) is 1. The number of primary amides is 1. The molecule has 0 aromatic heterocycles. The van der Waals surface area contributed by atoms with Gasteiger partial charge in [0.1, 0.15) is 0 Å². The lowest BCUT2D eigenvalue weighted by Crippen LogP contribution is -2.26. The Kier molecular flexibility index (Phi) is 4.65. The van der Waals surface area contributed by atoms with E-state index in [1.807, 2.05) is 17.4 Å². The van der Waals surface area contributed by atoms with Crippen molar-refractivity contribution in [1.82, 2.24) is 4.31 Å². The molecule has 1 amide bonds. The first-order valence-corrected chi connectivity index (χ1v) is 5.56. The Balaban J connectivity index is 2.49. The Bertz CT molecular complexity index is 329. The molecule has 15 heavy (non-hydrogen) atoms. The van der Waals surface area contributed by atoms with Crippen LogP contribution in [-0.2, 0) is 4.79 Å². The van der Waals surface area contributed by atoms with E-state index in [1.165, 1.54) is 10.5 Å². The van der Waals surface area contributed by atoms with Crippen LogP contribution in [0.4, 0.5) is 0 Å². The first-order chi connectivity index (χ1) is 7.08. The normalized spacial score (nSPS) is 15.9. The van der Waals surface area contributed by atoms with Gasteiger partial charge in [0.2, 0.25) is 5.91 Å². The third-order valence-corrected chi connectivity index (χ3v) is 2.90. The minimum atomic E-state index is -0.304. The molecule has 0 saturated carbocycles. The minimum Gasteiger partial charge on any atom is -0.369 e. The first kappa shape index (κ1) is 12.1. The molecular formula is C11H16N2OS. The molecule has 4 heteroatoms. The molecule has 3 nitrogen and oxygen atoms in total. The Hall–Kier alpha value is -1.00. The number of hydrogen-bond acceptors (Lipinski definition) is 3. The van der Waals surface area contributed by atoms with Crippen molar-refractivity contribution in [2.75, 3.05) is 13.6 Å². The first-order valence-electron chi connectivity index (χ1n) is 4.79. The average molecular weight is 224 g/mol. The highest BCUT2D eigenvalue weighted by atomic mass is 32.2. The molecule has 0 atom stereocenters. The molecule has 82 valence electrons. The van der Waals surface area contributed by atoms with E-state index in [4.69, 9.17) is 5.73 Å². The Labute approximate surface area is 94.8 Å². The molecule has 0 unspecified atom stereocenters. The Morgan fingerprint density at radius 1 is 1.67 bits per heavy atom. The summed E-state index contributed by atoms with van der Waals surface area (Å²) in [6.07, 6.45) is 9.24. The fourth-order valence-corrected chi connectivity index (χ4v) is 2.11. The van der Waals surface area contributed by atoms with E-state index in [2.05, 4.69) is 25.2 Å². The van der Waals surface area contributed by atoms with Gasteiger partial charge >= 0.3 is 0 Å². The van der Waals surface area contributed by atoms with Crippen molar-refractivity contribution < 1.29 is 4.79 Å². The summed E-state index contributed by atoms with van der Waals surface area (Å²) >= 11 is 1.56. The molecule has 0 fully saturated rings. The maximum Gasteiger partial charge on any atom is 0.232 e. The maximum absolute atomic E-state index is 10.7. The third kappa shape index (κ3) is 4.85. The predicted octanol–water partition coefficient (Wildman–Crippen LogP) is 1.84. The molecular weight excluding hydrogens is 208 g/mol. The summed E-state index contributed by atoms with van der Waals surface area (Å²) < 4.78 is 1.84. The molecule has 0 bridgehead atoms. The molecule has 0 saturated heterocycles. The van der Waals surface area contributed by atoms with Crippen molar-refractivity contribution in [3.05, 3.63) is 34.8 Å². The van der Waals surface area contributed by atoms with E-state index >= 15 is 0 Å². The number of carbonyl (C=O) groups is 1. The van der Waals surface area contributed by atoms with Crippen molar-refractivity contribution in [1.29, 1.82) is 0 Å². The van der Waals surface area contributed by atoms with Crippen LogP contribution in [0.3, 0.4) is 0 Å². The lowest BCUT2D eigenvalue weighted by atomic mass is 10.2. The van der Waals surface area contributed by atoms with Gasteiger partial charge in [-0.05, 0) is 32.3 Å². The number of nitrogens with two attached hydrogens (primary N) is 1. The van der Waals surface area contributed by atoms with Gasteiger partial charge in [0, 0.05) is 4.91 Å². The highest BCUT2D eigenvalue weighted by Crippen LogP contribution is 2.25. The van der Waals surface area contributed by atoms with Crippen LogP contribution in [0.2, 0.25) is 0 Å². The van der Waals surface area contributed by atoms with Crippen molar-refractivity contribution in [2.24, 2.45) is 5.73 Å². The molecule has 1 aliphatic rings. The molecule has 1 aliphatic carbocycles. The average Bonchev–Trinajstić information content (AvgIpc) is 2.29. The van der Waals surface area contributed by atoms with E-state index in [0.29, 0.717) is 0 Å². The van der Waals surface area contributed by atoms with Crippen molar-refractivity contribution >= 4 is 17.9 Å². The van der Waals surface area contributed by atoms with Crippen molar-refractivity contribution in [3.8, 4) is 0 Å². The van der Waals surface area contributed by atoms with Gasteiger partial charge in [-0.2, -0.15) is 0 Å². The predicted molar refractivity (Wildman–Crippen MR) is 65.0 cm³/mol. The molecule has 2 N–H and O–H groups in total. The van der Waals surface area contributed by atoms with Gasteiger partial charge in [0.05, 0.1) is 6.54 Å². The minimum absolute atomic E-state index is 0.272. The van der Waals surface area contributed by atoms with E-state index in [1.54, 1.807) is 11.9 Å². The molecule has 0 aromatic rings. The number of amides is 1. The zero-order valence-electron chi connectivity index (χ0n) is 9.06. The zero-order chi connectivity index (χ0) is 11.3. The van der Waals surface area contributed by atoms with Gasteiger partial charge in [-0.1, -0.05) is 29.9 Å². The summed E-state index contributed by atoms with van der Waals surface area (Å²) in [7, 11) is 1.86. The Morgan fingerprint density at radius 2 is 2.40 bits per heavy atom. The summed E-state index contributed by atoms with van der Waals surface area (Å²) in [6.45, 7) is 2.35. The summed E-state index contributed by atoms with van der Waals surface area (Å²) in [5.74, 6) is -0.304.